The molecule has 0 spiro atoms. The number of hydrogen-bond acceptors (Lipinski definition) is 2. The van der Waals surface area contributed by atoms with Crippen molar-refractivity contribution >= 4 is 0 Å². The quantitative estimate of drug-likeness (QED) is 0.801. The van der Waals surface area contributed by atoms with E-state index in [0.717, 1.165) is 18.4 Å². The van der Waals surface area contributed by atoms with Crippen molar-refractivity contribution in [2.75, 3.05) is 19.6 Å². The minimum atomic E-state index is 0.297. The van der Waals surface area contributed by atoms with E-state index < -0.39 is 0 Å². The topological polar surface area (TPSA) is 29.3 Å². The average molecular weight is 238 g/mol. The molecular formula is C15H30N2. The second kappa shape index (κ2) is 4.55. The molecule has 3 unspecified atom stereocenters. The third-order valence-corrected chi connectivity index (χ3v) is 5.63. The van der Waals surface area contributed by atoms with Gasteiger partial charge in [-0.15, -0.1) is 0 Å². The van der Waals surface area contributed by atoms with Crippen LogP contribution < -0.4 is 5.73 Å². The van der Waals surface area contributed by atoms with Gasteiger partial charge >= 0.3 is 0 Å². The molecule has 2 aliphatic rings. The maximum atomic E-state index is 6.22. The van der Waals surface area contributed by atoms with E-state index in [2.05, 4.69) is 32.6 Å². The summed E-state index contributed by atoms with van der Waals surface area (Å²) in [6.07, 6.45) is 5.39. The highest BCUT2D eigenvalue weighted by molar-refractivity contribution is 5.03. The van der Waals surface area contributed by atoms with Crippen molar-refractivity contribution in [3.8, 4) is 0 Å². The van der Waals surface area contributed by atoms with Gasteiger partial charge in [0.25, 0.3) is 0 Å². The van der Waals surface area contributed by atoms with E-state index in [4.69, 9.17) is 5.73 Å². The molecule has 2 heteroatoms. The third kappa shape index (κ3) is 2.26. The van der Waals surface area contributed by atoms with E-state index in [9.17, 15) is 0 Å². The Morgan fingerprint density at radius 1 is 1.24 bits per heavy atom. The van der Waals surface area contributed by atoms with Gasteiger partial charge in [-0.1, -0.05) is 40.5 Å². The summed E-state index contributed by atoms with van der Waals surface area (Å²) in [5.41, 5.74) is 7.00. The van der Waals surface area contributed by atoms with Crippen LogP contribution in [0.1, 0.15) is 53.4 Å². The molecule has 2 fully saturated rings. The molecule has 0 radical (unpaired) electrons. The summed E-state index contributed by atoms with van der Waals surface area (Å²) in [6.45, 7) is 13.0. The van der Waals surface area contributed by atoms with Crippen molar-refractivity contribution in [3.63, 3.8) is 0 Å². The highest BCUT2D eigenvalue weighted by Gasteiger charge is 2.48. The van der Waals surface area contributed by atoms with Crippen LogP contribution in [0.4, 0.5) is 0 Å². The first-order valence-electron chi connectivity index (χ1n) is 7.36. The first-order valence-corrected chi connectivity index (χ1v) is 7.36. The Labute approximate surface area is 107 Å². The Kier molecular flexibility index (Phi) is 3.57. The maximum absolute atomic E-state index is 6.22. The lowest BCUT2D eigenvalue weighted by Gasteiger charge is -2.51. The smallest absolute Gasteiger partial charge is 0.0359 e. The summed E-state index contributed by atoms with van der Waals surface area (Å²) in [5, 5.41) is 0. The zero-order valence-corrected chi connectivity index (χ0v) is 12.1. The fourth-order valence-electron chi connectivity index (χ4n) is 4.09. The number of likely N-dealkylation sites (tertiary alicyclic amines) is 1. The molecule has 0 aromatic rings. The number of rotatable bonds is 2. The van der Waals surface area contributed by atoms with Gasteiger partial charge in [0.2, 0.25) is 0 Å². The Bertz CT molecular complexity index is 274. The highest BCUT2D eigenvalue weighted by Crippen LogP contribution is 2.45. The zero-order chi connectivity index (χ0) is 12.7. The third-order valence-electron chi connectivity index (χ3n) is 5.63. The standard InChI is InChI=1S/C15H30N2/c1-12-6-5-7-15(10-16,13(12)2)17-9-8-14(3,4)11-17/h12-13H,5-11,16H2,1-4H3. The largest absolute Gasteiger partial charge is 0.329 e. The fourth-order valence-corrected chi connectivity index (χ4v) is 4.09. The lowest BCUT2D eigenvalue weighted by atomic mass is 9.67. The molecule has 2 rings (SSSR count). The molecule has 0 aromatic heterocycles. The lowest BCUT2D eigenvalue weighted by molar-refractivity contribution is -0.000775. The molecule has 100 valence electrons. The number of nitrogens with two attached hydrogens (primary N) is 1. The van der Waals surface area contributed by atoms with E-state index in [-0.39, 0.29) is 0 Å². The van der Waals surface area contributed by atoms with Gasteiger partial charge in [0.15, 0.2) is 0 Å². The van der Waals surface area contributed by atoms with E-state index in [0.29, 0.717) is 11.0 Å². The van der Waals surface area contributed by atoms with Crippen LogP contribution in [0, 0.1) is 17.3 Å². The molecule has 0 aromatic carbocycles. The van der Waals surface area contributed by atoms with Crippen molar-refractivity contribution in [1.82, 2.24) is 4.90 Å². The van der Waals surface area contributed by atoms with Crippen LogP contribution in [0.3, 0.4) is 0 Å². The molecular weight excluding hydrogens is 208 g/mol. The molecule has 17 heavy (non-hydrogen) atoms. The molecule has 1 aliphatic heterocycles. The van der Waals surface area contributed by atoms with Gasteiger partial charge in [-0.3, -0.25) is 4.90 Å². The van der Waals surface area contributed by atoms with Crippen molar-refractivity contribution in [1.29, 1.82) is 0 Å². The summed E-state index contributed by atoms with van der Waals surface area (Å²) in [7, 11) is 0. The maximum Gasteiger partial charge on any atom is 0.0359 e. The summed E-state index contributed by atoms with van der Waals surface area (Å²) >= 11 is 0. The van der Waals surface area contributed by atoms with Gasteiger partial charge in [0.1, 0.15) is 0 Å². The Morgan fingerprint density at radius 2 is 1.94 bits per heavy atom. The van der Waals surface area contributed by atoms with Crippen molar-refractivity contribution in [3.05, 3.63) is 0 Å². The highest BCUT2D eigenvalue weighted by atomic mass is 15.2. The fraction of sp³-hybridized carbons (Fsp3) is 1.00. The summed E-state index contributed by atoms with van der Waals surface area (Å²) < 4.78 is 0. The Morgan fingerprint density at radius 3 is 2.47 bits per heavy atom. The second-order valence-corrected chi connectivity index (χ2v) is 7.30. The van der Waals surface area contributed by atoms with E-state index in [1.807, 2.05) is 0 Å². The molecule has 0 amide bonds. The van der Waals surface area contributed by atoms with Crippen LogP contribution in [0.2, 0.25) is 0 Å². The number of nitrogens with zero attached hydrogens (tertiary/aromatic N) is 1. The Balaban J connectivity index is 2.19. The molecule has 2 nitrogen and oxygen atoms in total. The van der Waals surface area contributed by atoms with Crippen LogP contribution in [0.5, 0.6) is 0 Å². The van der Waals surface area contributed by atoms with Crippen LogP contribution in [0.25, 0.3) is 0 Å². The van der Waals surface area contributed by atoms with Crippen LogP contribution in [-0.4, -0.2) is 30.1 Å². The van der Waals surface area contributed by atoms with Crippen molar-refractivity contribution < 1.29 is 0 Å². The van der Waals surface area contributed by atoms with Crippen molar-refractivity contribution in [2.45, 2.75) is 58.9 Å². The van der Waals surface area contributed by atoms with Crippen LogP contribution in [-0.2, 0) is 0 Å². The summed E-state index contributed by atoms with van der Waals surface area (Å²) in [6, 6.07) is 0. The SMILES string of the molecule is CC1CCCC(CN)(N2CCC(C)(C)C2)C1C. The van der Waals surface area contributed by atoms with Gasteiger partial charge < -0.3 is 5.73 Å². The molecule has 1 saturated heterocycles. The predicted octanol–water partition coefficient (Wildman–Crippen LogP) is 2.87. The van der Waals surface area contributed by atoms with Crippen LogP contribution in [0.15, 0.2) is 0 Å². The molecule has 1 heterocycles. The first-order chi connectivity index (χ1) is 7.91. The second-order valence-electron chi connectivity index (χ2n) is 7.30. The predicted molar refractivity (Wildman–Crippen MR) is 73.9 cm³/mol. The number of hydrogen-bond donors (Lipinski definition) is 1. The minimum Gasteiger partial charge on any atom is -0.329 e. The first kappa shape index (κ1) is 13.4. The van der Waals surface area contributed by atoms with Crippen LogP contribution >= 0.6 is 0 Å². The van der Waals surface area contributed by atoms with Gasteiger partial charge in [0.05, 0.1) is 0 Å². The van der Waals surface area contributed by atoms with Gasteiger partial charge in [-0.05, 0) is 36.6 Å². The zero-order valence-electron chi connectivity index (χ0n) is 12.1. The lowest BCUT2D eigenvalue weighted by Crippen LogP contribution is -2.60. The molecule has 2 N–H and O–H groups in total. The van der Waals surface area contributed by atoms with Crippen molar-refractivity contribution in [2.24, 2.45) is 23.0 Å². The molecule has 1 saturated carbocycles. The Hall–Kier alpha value is -0.0800. The molecule has 0 bridgehead atoms. The average Bonchev–Trinajstić information content (AvgIpc) is 2.64. The monoisotopic (exact) mass is 238 g/mol. The molecule has 1 aliphatic carbocycles. The van der Waals surface area contributed by atoms with Gasteiger partial charge in [-0.2, -0.15) is 0 Å². The van der Waals surface area contributed by atoms with E-state index in [1.54, 1.807) is 0 Å². The molecule has 3 atom stereocenters. The summed E-state index contributed by atoms with van der Waals surface area (Å²) in [4.78, 5) is 2.73. The van der Waals surface area contributed by atoms with Gasteiger partial charge in [0, 0.05) is 18.6 Å². The van der Waals surface area contributed by atoms with E-state index >= 15 is 0 Å². The summed E-state index contributed by atoms with van der Waals surface area (Å²) in [5.74, 6) is 1.58. The van der Waals surface area contributed by atoms with E-state index in [1.165, 1.54) is 38.8 Å². The van der Waals surface area contributed by atoms with Gasteiger partial charge in [-0.25, -0.2) is 0 Å². The minimum absolute atomic E-state index is 0.297. The normalized spacial score (nSPS) is 42.9.